The molecule has 0 fully saturated rings. The molecule has 0 aliphatic heterocycles. The summed E-state index contributed by atoms with van der Waals surface area (Å²) in [7, 11) is -4.22. The topological polar surface area (TPSA) is 95.5 Å². The van der Waals surface area contributed by atoms with Gasteiger partial charge < -0.3 is 4.12 Å². The molecule has 9 heteroatoms. The maximum atomic E-state index is 10.7. The van der Waals surface area contributed by atoms with E-state index in [-0.39, 0.29) is 11.4 Å². The molecule has 0 bridgehead atoms. The summed E-state index contributed by atoms with van der Waals surface area (Å²) in [5, 5.41) is 21.5. The molecule has 152 valence electrons. The molecule has 0 atom stereocenters. The van der Waals surface area contributed by atoms with Gasteiger partial charge in [-0.05, 0) is 61.6 Å². The Hall–Kier alpha value is -2.89. The fraction of sp³-hybridized carbons (Fsp3) is 0.200. The highest BCUT2D eigenvalue weighted by Gasteiger charge is 2.29. The molecule has 0 spiro atoms. The molecule has 0 heterocycles. The van der Waals surface area contributed by atoms with E-state index >= 15 is 0 Å². The largest absolute Gasteiger partial charge is 0.449 e. The van der Waals surface area contributed by atoms with E-state index in [2.05, 4.69) is 37.6 Å². The van der Waals surface area contributed by atoms with Crippen LogP contribution in [0.5, 0.6) is 0 Å². The number of hydrogen-bond acceptors (Lipinski definition) is 5. The third kappa shape index (κ3) is 7.22. The predicted molar refractivity (Wildman–Crippen MR) is 120 cm³/mol. The smallest absolute Gasteiger partial charge is 0.269 e. The van der Waals surface area contributed by atoms with Crippen molar-refractivity contribution >= 4 is 40.2 Å². The Morgan fingerprint density at radius 3 is 1.28 bits per heavy atom. The average molecular weight is 429 g/mol. The van der Waals surface area contributed by atoms with Crippen LogP contribution in [0.3, 0.4) is 0 Å². The highest BCUT2D eigenvalue weighted by molar-refractivity contribution is 6.90. The zero-order valence-corrected chi connectivity index (χ0v) is 18.9. The van der Waals surface area contributed by atoms with Gasteiger partial charge in [-0.15, -0.1) is 0 Å². The number of benzene rings is 2. The Morgan fingerprint density at radius 1 is 0.690 bits per heavy atom. The number of non-ortho nitro benzene ring substituents is 2. The van der Waals surface area contributed by atoms with E-state index in [1.165, 1.54) is 24.3 Å². The number of rotatable bonds is 8. The summed E-state index contributed by atoms with van der Waals surface area (Å²) in [6.45, 7) is 8.40. The van der Waals surface area contributed by atoms with Crippen molar-refractivity contribution in [2.45, 2.75) is 26.2 Å². The molecule has 0 amide bonds. The predicted octanol–water partition coefficient (Wildman–Crippen LogP) is 5.73. The van der Waals surface area contributed by atoms with E-state index in [0.29, 0.717) is 0 Å². The second-order valence-electron chi connectivity index (χ2n) is 7.67. The standard InChI is InChI=1S/C20H24N2O5Si2/c1-28(2,15-13-17-5-9-19(10-6-17)21(23)24)27-29(3,4)16-14-18-7-11-20(12-8-18)22(25)26/h5-16H,1-4H3. The Morgan fingerprint density at radius 2 is 1.00 bits per heavy atom. The number of nitro benzene ring substituents is 2. The first-order valence-corrected chi connectivity index (χ1v) is 15.0. The summed E-state index contributed by atoms with van der Waals surface area (Å²) in [5.74, 6) is 0. The molecule has 29 heavy (non-hydrogen) atoms. The molecule has 0 saturated heterocycles. The molecule has 0 radical (unpaired) electrons. The van der Waals surface area contributed by atoms with Crippen molar-refractivity contribution in [2.75, 3.05) is 0 Å². The molecule has 0 saturated carbocycles. The summed E-state index contributed by atoms with van der Waals surface area (Å²) < 4.78 is 6.48. The van der Waals surface area contributed by atoms with Crippen LogP contribution in [-0.2, 0) is 4.12 Å². The van der Waals surface area contributed by atoms with Crippen molar-refractivity contribution in [3.8, 4) is 0 Å². The van der Waals surface area contributed by atoms with Gasteiger partial charge in [0.2, 0.25) is 0 Å². The molecule has 2 aromatic carbocycles. The van der Waals surface area contributed by atoms with E-state index in [0.717, 1.165) is 11.1 Å². The lowest BCUT2D eigenvalue weighted by Crippen LogP contribution is -2.42. The first-order chi connectivity index (χ1) is 13.5. The minimum absolute atomic E-state index is 0.0693. The van der Waals surface area contributed by atoms with Crippen molar-refractivity contribution in [1.29, 1.82) is 0 Å². The van der Waals surface area contributed by atoms with Gasteiger partial charge in [-0.1, -0.05) is 23.6 Å². The van der Waals surface area contributed by atoms with Gasteiger partial charge in [0.15, 0.2) is 16.6 Å². The zero-order chi connectivity index (χ0) is 21.7. The van der Waals surface area contributed by atoms with Crippen LogP contribution in [-0.4, -0.2) is 26.5 Å². The Bertz CT molecular complexity index is 859. The maximum absolute atomic E-state index is 10.7. The van der Waals surface area contributed by atoms with E-state index in [9.17, 15) is 20.2 Å². The molecule has 0 unspecified atom stereocenters. The van der Waals surface area contributed by atoms with Crippen molar-refractivity contribution < 1.29 is 14.0 Å². The van der Waals surface area contributed by atoms with Crippen molar-refractivity contribution in [1.82, 2.24) is 0 Å². The fourth-order valence-electron chi connectivity index (χ4n) is 2.75. The summed E-state index contributed by atoms with van der Waals surface area (Å²) in [5.41, 5.74) is 6.06. The summed E-state index contributed by atoms with van der Waals surface area (Å²) in [6.07, 6.45) is 3.89. The third-order valence-electron chi connectivity index (χ3n) is 4.09. The number of nitro groups is 2. The Kier molecular flexibility index (Phi) is 7.01. The zero-order valence-electron chi connectivity index (χ0n) is 16.9. The molecular formula is C20H24N2O5Si2. The molecule has 0 aliphatic rings. The van der Waals surface area contributed by atoms with Gasteiger partial charge in [0, 0.05) is 24.3 Å². The maximum Gasteiger partial charge on any atom is 0.269 e. The first kappa shape index (κ1) is 22.4. The fourth-order valence-corrected chi connectivity index (χ4v) is 9.91. The molecular weight excluding hydrogens is 404 g/mol. The van der Waals surface area contributed by atoms with Crippen LogP contribution in [0.2, 0.25) is 26.2 Å². The van der Waals surface area contributed by atoms with Crippen LogP contribution < -0.4 is 0 Å². The third-order valence-corrected chi connectivity index (χ3v) is 10.2. The van der Waals surface area contributed by atoms with Crippen LogP contribution in [0.25, 0.3) is 12.2 Å². The van der Waals surface area contributed by atoms with Crippen molar-refractivity contribution in [3.63, 3.8) is 0 Å². The van der Waals surface area contributed by atoms with Crippen molar-refractivity contribution in [3.05, 3.63) is 91.3 Å². The van der Waals surface area contributed by atoms with Gasteiger partial charge in [-0.2, -0.15) is 0 Å². The highest BCUT2D eigenvalue weighted by atomic mass is 28.4. The number of nitrogens with zero attached hydrogens (tertiary/aromatic N) is 2. The molecule has 2 aromatic rings. The first-order valence-electron chi connectivity index (χ1n) is 9.05. The second-order valence-corrected chi connectivity index (χ2v) is 15.6. The molecule has 0 aliphatic carbocycles. The van der Waals surface area contributed by atoms with Gasteiger partial charge in [0.25, 0.3) is 11.4 Å². The van der Waals surface area contributed by atoms with Crippen LogP contribution in [0.4, 0.5) is 11.4 Å². The summed E-state index contributed by atoms with van der Waals surface area (Å²) in [6, 6.07) is 12.8. The van der Waals surface area contributed by atoms with E-state index in [4.69, 9.17) is 4.12 Å². The molecule has 0 N–H and O–H groups in total. The number of hydrogen-bond donors (Lipinski definition) is 0. The van der Waals surface area contributed by atoms with Gasteiger partial charge in [0.1, 0.15) is 0 Å². The monoisotopic (exact) mass is 428 g/mol. The Balaban J connectivity index is 2.04. The van der Waals surface area contributed by atoms with E-state index < -0.39 is 26.5 Å². The highest BCUT2D eigenvalue weighted by Crippen LogP contribution is 2.21. The SMILES string of the molecule is C[Si](C)(C=Cc1ccc([N+](=O)[O-])cc1)O[Si](C)(C)C=Cc1ccc([N+](=O)[O-])cc1. The molecule has 0 aromatic heterocycles. The normalized spacial score (nSPS) is 12.6. The summed E-state index contributed by atoms with van der Waals surface area (Å²) >= 11 is 0. The molecule has 7 nitrogen and oxygen atoms in total. The lowest BCUT2D eigenvalue weighted by Gasteiger charge is -2.29. The average Bonchev–Trinajstić information content (AvgIpc) is 2.65. The lowest BCUT2D eigenvalue weighted by molar-refractivity contribution is -0.385. The van der Waals surface area contributed by atoms with E-state index in [1.807, 2.05) is 12.2 Å². The van der Waals surface area contributed by atoms with E-state index in [1.54, 1.807) is 24.3 Å². The Labute approximate surface area is 171 Å². The minimum Gasteiger partial charge on any atom is -0.449 e. The quantitative estimate of drug-likeness (QED) is 0.304. The van der Waals surface area contributed by atoms with Crippen molar-refractivity contribution in [2.24, 2.45) is 0 Å². The van der Waals surface area contributed by atoms with Crippen LogP contribution in [0.15, 0.2) is 59.9 Å². The van der Waals surface area contributed by atoms with Crippen LogP contribution >= 0.6 is 0 Å². The second kappa shape index (κ2) is 9.08. The summed E-state index contributed by atoms with van der Waals surface area (Å²) in [4.78, 5) is 20.6. The minimum atomic E-state index is -2.11. The van der Waals surface area contributed by atoms with Gasteiger partial charge in [-0.25, -0.2) is 0 Å². The van der Waals surface area contributed by atoms with Gasteiger partial charge >= 0.3 is 0 Å². The lowest BCUT2D eigenvalue weighted by atomic mass is 10.2. The van der Waals surface area contributed by atoms with Crippen LogP contribution in [0.1, 0.15) is 11.1 Å². The van der Waals surface area contributed by atoms with Crippen LogP contribution in [0, 0.1) is 20.2 Å². The van der Waals surface area contributed by atoms with Gasteiger partial charge in [0.05, 0.1) is 9.85 Å². The molecule has 2 rings (SSSR count). The van der Waals surface area contributed by atoms with Gasteiger partial charge in [-0.3, -0.25) is 20.2 Å².